The van der Waals surface area contributed by atoms with Crippen LogP contribution < -0.4 is 15.8 Å². The number of nitrogens with two attached hydrogens (primary N) is 1. The third-order valence-corrected chi connectivity index (χ3v) is 5.80. The van der Waals surface area contributed by atoms with Gasteiger partial charge in [-0.15, -0.1) is 0 Å². The smallest absolute Gasteiger partial charge is 0.261 e. The first-order valence-corrected chi connectivity index (χ1v) is 10.7. The average molecular weight is 437 g/mol. The van der Waals surface area contributed by atoms with E-state index >= 15 is 0 Å². The van der Waals surface area contributed by atoms with Gasteiger partial charge in [-0.05, 0) is 55.3 Å². The molecule has 1 unspecified atom stereocenters. The normalized spacial score (nSPS) is 18.2. The molecule has 0 saturated carbocycles. The molecule has 3 aromatic rings. The fraction of sp³-hybridized carbons (Fsp3) is 0.174. The number of thioether (sulfide) groups is 1. The Labute approximate surface area is 183 Å². The number of benzene rings is 2. The molecule has 2 aromatic carbocycles. The van der Waals surface area contributed by atoms with Gasteiger partial charge in [-0.25, -0.2) is 9.37 Å². The first kappa shape index (κ1) is 20.9. The van der Waals surface area contributed by atoms with Gasteiger partial charge in [0.2, 0.25) is 5.88 Å². The van der Waals surface area contributed by atoms with E-state index in [2.05, 4.69) is 15.3 Å². The monoisotopic (exact) mass is 436 g/mol. The zero-order valence-electron chi connectivity index (χ0n) is 16.8. The van der Waals surface area contributed by atoms with Crippen molar-refractivity contribution in [2.45, 2.75) is 18.9 Å². The van der Waals surface area contributed by atoms with Gasteiger partial charge in [0.15, 0.2) is 5.17 Å². The number of halogens is 1. The zero-order chi connectivity index (χ0) is 21.8. The summed E-state index contributed by atoms with van der Waals surface area (Å²) in [7, 11) is 0. The molecule has 1 aromatic heterocycles. The maximum Gasteiger partial charge on any atom is 0.261 e. The lowest BCUT2D eigenvalue weighted by Gasteiger charge is -2.30. The highest BCUT2D eigenvalue weighted by atomic mass is 32.2. The number of carbonyl (C=O) groups is 1. The lowest BCUT2D eigenvalue weighted by molar-refractivity contribution is 0.102. The number of ether oxygens (including phenoxy) is 1. The summed E-state index contributed by atoms with van der Waals surface area (Å²) in [5, 5.41) is 3.14. The van der Waals surface area contributed by atoms with Gasteiger partial charge in [-0.3, -0.25) is 9.79 Å². The van der Waals surface area contributed by atoms with Gasteiger partial charge in [0, 0.05) is 11.9 Å². The predicted molar refractivity (Wildman–Crippen MR) is 121 cm³/mol. The van der Waals surface area contributed by atoms with E-state index in [9.17, 15) is 9.18 Å². The third-order valence-electron chi connectivity index (χ3n) is 5.01. The molecule has 1 amide bonds. The predicted octanol–water partition coefficient (Wildman–Crippen LogP) is 4.93. The van der Waals surface area contributed by atoms with Crippen LogP contribution >= 0.6 is 11.8 Å². The highest BCUT2D eigenvalue weighted by Crippen LogP contribution is 2.36. The highest BCUT2D eigenvalue weighted by molar-refractivity contribution is 8.13. The molecule has 0 radical (unpaired) electrons. The lowest BCUT2D eigenvalue weighted by Crippen LogP contribution is -2.29. The summed E-state index contributed by atoms with van der Waals surface area (Å²) in [6, 6.07) is 16.8. The van der Waals surface area contributed by atoms with Crippen molar-refractivity contribution in [2.24, 2.45) is 10.7 Å². The second kappa shape index (κ2) is 8.77. The van der Waals surface area contributed by atoms with Gasteiger partial charge in [0.25, 0.3) is 5.91 Å². The van der Waals surface area contributed by atoms with Crippen LogP contribution in [-0.4, -0.2) is 21.8 Å². The molecule has 0 aliphatic carbocycles. The molecule has 2 heterocycles. The summed E-state index contributed by atoms with van der Waals surface area (Å²) in [5.74, 6) is 0.430. The molecule has 8 heteroatoms. The van der Waals surface area contributed by atoms with E-state index in [0.717, 1.165) is 17.7 Å². The number of hydrogen-bond donors (Lipinski definition) is 2. The highest BCUT2D eigenvalue weighted by Gasteiger charge is 2.30. The van der Waals surface area contributed by atoms with Crippen molar-refractivity contribution >= 4 is 28.5 Å². The van der Waals surface area contributed by atoms with Crippen LogP contribution in [0.4, 0.5) is 10.1 Å². The molecule has 31 heavy (non-hydrogen) atoms. The van der Waals surface area contributed by atoms with Crippen molar-refractivity contribution in [3.8, 4) is 11.6 Å². The maximum atomic E-state index is 14.5. The minimum atomic E-state index is -0.571. The Balaban J connectivity index is 1.60. The molecule has 1 aliphatic rings. The van der Waals surface area contributed by atoms with Crippen molar-refractivity contribution in [3.63, 3.8) is 0 Å². The number of nitrogens with zero attached hydrogens (tertiary/aromatic N) is 2. The molecule has 1 atom stereocenters. The second-order valence-electron chi connectivity index (χ2n) is 7.24. The minimum Gasteiger partial charge on any atom is -0.438 e. The van der Waals surface area contributed by atoms with E-state index in [1.165, 1.54) is 24.0 Å². The van der Waals surface area contributed by atoms with E-state index < -0.39 is 17.3 Å². The molecule has 0 fully saturated rings. The van der Waals surface area contributed by atoms with Crippen molar-refractivity contribution in [2.75, 3.05) is 11.1 Å². The summed E-state index contributed by atoms with van der Waals surface area (Å²) in [4.78, 5) is 21.7. The van der Waals surface area contributed by atoms with Crippen LogP contribution in [0.25, 0.3) is 0 Å². The van der Waals surface area contributed by atoms with Crippen LogP contribution in [0.1, 0.15) is 29.3 Å². The number of nitrogens with one attached hydrogen (secondary N) is 1. The van der Waals surface area contributed by atoms with Crippen LogP contribution in [0.2, 0.25) is 0 Å². The van der Waals surface area contributed by atoms with Crippen molar-refractivity contribution in [3.05, 3.63) is 83.8 Å². The zero-order valence-corrected chi connectivity index (χ0v) is 17.7. The largest absolute Gasteiger partial charge is 0.438 e. The number of pyridine rings is 1. The number of anilines is 1. The number of para-hydroxylation sites is 1. The van der Waals surface area contributed by atoms with Gasteiger partial charge in [-0.1, -0.05) is 36.0 Å². The Morgan fingerprint density at radius 1 is 1.19 bits per heavy atom. The number of hydrogen-bond acceptors (Lipinski definition) is 6. The van der Waals surface area contributed by atoms with Crippen LogP contribution in [0.5, 0.6) is 11.6 Å². The number of aliphatic imine (C=N–C) groups is 1. The van der Waals surface area contributed by atoms with Gasteiger partial charge < -0.3 is 15.8 Å². The Morgan fingerprint density at radius 2 is 2.00 bits per heavy atom. The first-order valence-electron chi connectivity index (χ1n) is 9.72. The van der Waals surface area contributed by atoms with Crippen LogP contribution in [-0.2, 0) is 5.54 Å². The fourth-order valence-electron chi connectivity index (χ4n) is 3.29. The topological polar surface area (TPSA) is 89.6 Å². The Bertz CT molecular complexity index is 1140. The molecule has 6 nitrogen and oxygen atoms in total. The summed E-state index contributed by atoms with van der Waals surface area (Å²) in [6.07, 6.45) is 2.29. The molecule has 158 valence electrons. The number of amidine groups is 1. The maximum absolute atomic E-state index is 14.5. The molecule has 1 aliphatic heterocycles. The lowest BCUT2D eigenvalue weighted by atomic mass is 9.89. The third kappa shape index (κ3) is 4.69. The van der Waals surface area contributed by atoms with Gasteiger partial charge in [0.05, 0.1) is 11.2 Å². The van der Waals surface area contributed by atoms with E-state index in [4.69, 9.17) is 10.5 Å². The minimum absolute atomic E-state index is 0.0604. The van der Waals surface area contributed by atoms with Crippen molar-refractivity contribution in [1.29, 1.82) is 0 Å². The summed E-state index contributed by atoms with van der Waals surface area (Å²) in [6.45, 7) is 1.95. The molecule has 3 N–H and O–H groups in total. The molecule has 0 saturated heterocycles. The van der Waals surface area contributed by atoms with Crippen LogP contribution in [0.15, 0.2) is 71.9 Å². The van der Waals surface area contributed by atoms with Crippen LogP contribution in [0, 0.1) is 5.82 Å². The molecule has 0 spiro atoms. The molecule has 0 bridgehead atoms. The average Bonchev–Trinajstić information content (AvgIpc) is 2.76. The van der Waals surface area contributed by atoms with Gasteiger partial charge in [0.1, 0.15) is 17.1 Å². The quantitative estimate of drug-likeness (QED) is 0.592. The Hall–Kier alpha value is -3.39. The molecular formula is C23H21FN4O2S. The first-order chi connectivity index (χ1) is 14.9. The van der Waals surface area contributed by atoms with Crippen LogP contribution in [0.3, 0.4) is 0 Å². The van der Waals surface area contributed by atoms with Gasteiger partial charge in [-0.2, -0.15) is 0 Å². The summed E-state index contributed by atoms with van der Waals surface area (Å²) >= 11 is 1.50. The number of aromatic nitrogens is 1. The number of rotatable bonds is 5. The van der Waals surface area contributed by atoms with E-state index in [1.54, 1.807) is 36.4 Å². The summed E-state index contributed by atoms with van der Waals surface area (Å²) < 4.78 is 20.3. The SMILES string of the molecule is CC1(c2ccc(F)c(NC(=O)c3cccnc3Oc3ccccc3)c2)CCSC(N)=N1. The van der Waals surface area contributed by atoms with E-state index in [0.29, 0.717) is 10.9 Å². The van der Waals surface area contributed by atoms with E-state index in [-0.39, 0.29) is 17.1 Å². The fourth-order valence-corrected chi connectivity index (χ4v) is 4.26. The molecule has 4 rings (SSSR count). The van der Waals surface area contributed by atoms with Crippen molar-refractivity contribution < 1.29 is 13.9 Å². The number of amides is 1. The van der Waals surface area contributed by atoms with Gasteiger partial charge >= 0.3 is 0 Å². The Kier molecular flexibility index (Phi) is 5.90. The number of carbonyl (C=O) groups excluding carboxylic acids is 1. The van der Waals surface area contributed by atoms with E-state index in [1.807, 2.05) is 25.1 Å². The Morgan fingerprint density at radius 3 is 2.77 bits per heavy atom. The second-order valence-corrected chi connectivity index (χ2v) is 8.36. The van der Waals surface area contributed by atoms with Crippen molar-refractivity contribution in [1.82, 2.24) is 4.98 Å². The standard InChI is InChI=1S/C23H21FN4O2S/c1-23(11-13-31-22(25)28-23)15-9-10-18(24)19(14-15)27-20(29)17-8-5-12-26-21(17)30-16-6-3-2-4-7-16/h2-10,12,14H,11,13H2,1H3,(H2,25,28)(H,27,29). The summed E-state index contributed by atoms with van der Waals surface area (Å²) in [5.41, 5.74) is 6.36. The molecular weight excluding hydrogens is 415 g/mol.